The third-order valence-corrected chi connectivity index (χ3v) is 5.80. The molecule has 0 radical (unpaired) electrons. The van der Waals surface area contributed by atoms with Gasteiger partial charge in [-0.25, -0.2) is 4.99 Å². The summed E-state index contributed by atoms with van der Waals surface area (Å²) < 4.78 is 5.62. The van der Waals surface area contributed by atoms with E-state index in [0.717, 1.165) is 46.2 Å². The van der Waals surface area contributed by atoms with E-state index in [1.165, 1.54) is 0 Å². The van der Waals surface area contributed by atoms with Crippen molar-refractivity contribution in [3.05, 3.63) is 58.6 Å². The average molecular weight is 415 g/mol. The second-order valence-corrected chi connectivity index (χ2v) is 8.31. The Labute approximate surface area is 176 Å². The second-order valence-electron chi connectivity index (χ2n) is 7.88. The Kier molecular flexibility index (Phi) is 5.79. The van der Waals surface area contributed by atoms with Gasteiger partial charge in [0.1, 0.15) is 12.1 Å². The van der Waals surface area contributed by atoms with E-state index in [9.17, 15) is 5.11 Å². The Hall–Kier alpha value is -2.12. The van der Waals surface area contributed by atoms with Crippen molar-refractivity contribution in [2.75, 3.05) is 32.6 Å². The van der Waals surface area contributed by atoms with Crippen LogP contribution in [-0.2, 0) is 11.3 Å². The molecule has 0 aromatic heterocycles. The summed E-state index contributed by atoms with van der Waals surface area (Å²) in [6.07, 6.45) is 1.00. The normalized spacial score (nSPS) is 18.7. The number of rotatable bonds is 4. The van der Waals surface area contributed by atoms with Crippen molar-refractivity contribution >= 4 is 28.8 Å². The summed E-state index contributed by atoms with van der Waals surface area (Å²) in [7, 11) is 3.71. The monoisotopic (exact) mass is 414 g/mol. The maximum atomic E-state index is 10.4. The summed E-state index contributed by atoms with van der Waals surface area (Å²) in [5.74, 6) is 0.925. The Morgan fingerprint density at radius 3 is 2.76 bits per heavy atom. The number of aliphatic hydroxyl groups is 1. The van der Waals surface area contributed by atoms with Gasteiger partial charge >= 0.3 is 0 Å². The third-order valence-electron chi connectivity index (χ3n) is 5.56. The maximum Gasteiger partial charge on any atom is 0.133 e. The zero-order chi connectivity index (χ0) is 20.4. The molecule has 0 amide bonds. The van der Waals surface area contributed by atoms with E-state index < -0.39 is 6.23 Å². The number of ether oxygens (including phenoxy) is 1. The van der Waals surface area contributed by atoms with E-state index in [1.807, 2.05) is 50.5 Å². The van der Waals surface area contributed by atoms with Crippen molar-refractivity contribution in [2.45, 2.75) is 31.2 Å². The van der Waals surface area contributed by atoms with E-state index in [1.54, 1.807) is 4.90 Å². The van der Waals surface area contributed by atoms with Crippen LogP contribution in [0.4, 0.5) is 11.4 Å². The molecule has 1 saturated heterocycles. The fraction of sp³-hybridized carbons (Fsp3) is 0.409. The molecule has 2 heterocycles. The van der Waals surface area contributed by atoms with E-state index in [0.29, 0.717) is 19.8 Å². The summed E-state index contributed by atoms with van der Waals surface area (Å²) in [6.45, 7) is 2.01. The minimum Gasteiger partial charge on any atom is -0.381 e. The molecule has 7 heteroatoms. The second kappa shape index (κ2) is 8.32. The summed E-state index contributed by atoms with van der Waals surface area (Å²) in [5, 5.41) is 18.4. The number of amidine groups is 1. The molecule has 1 spiro atoms. The van der Waals surface area contributed by atoms with Gasteiger partial charge in [-0.05, 0) is 49.5 Å². The zero-order valence-corrected chi connectivity index (χ0v) is 17.5. The number of fused-ring (bicyclic) bond motifs is 1. The number of hydrogen-bond donors (Lipinski definition) is 3. The van der Waals surface area contributed by atoms with Gasteiger partial charge in [0.05, 0.1) is 16.9 Å². The van der Waals surface area contributed by atoms with Gasteiger partial charge in [0.15, 0.2) is 0 Å². The van der Waals surface area contributed by atoms with Crippen molar-refractivity contribution in [1.82, 2.24) is 10.2 Å². The highest BCUT2D eigenvalue weighted by atomic mass is 35.5. The minimum absolute atomic E-state index is 0.300. The SMILES string of the molecule is CN(C)C(O)c1ccc2c(c1)NC1(CCOCC1)C(NCc1cccc(Cl)c1)=N2. The molecule has 1 fully saturated rings. The molecule has 0 aliphatic carbocycles. The Morgan fingerprint density at radius 2 is 2.03 bits per heavy atom. The highest BCUT2D eigenvalue weighted by Crippen LogP contribution is 2.39. The Bertz CT molecular complexity index is 909. The predicted octanol–water partition coefficient (Wildman–Crippen LogP) is 3.69. The van der Waals surface area contributed by atoms with Gasteiger partial charge in [0.25, 0.3) is 0 Å². The summed E-state index contributed by atoms with van der Waals surface area (Å²) in [6, 6.07) is 13.7. The molecule has 6 nitrogen and oxygen atoms in total. The van der Waals surface area contributed by atoms with Gasteiger partial charge in [0, 0.05) is 37.6 Å². The summed E-state index contributed by atoms with van der Waals surface area (Å²) >= 11 is 6.13. The molecule has 2 aliphatic rings. The lowest BCUT2D eigenvalue weighted by molar-refractivity contribution is 0.0395. The standard InChI is InChI=1S/C22H27ClN4O2/c1-27(2)20(28)16-6-7-18-19(13-16)26-22(8-10-29-11-9-22)21(25-18)24-14-15-4-3-5-17(23)12-15/h3-7,12-13,20,26,28H,8-11,14H2,1-2H3,(H,24,25). The van der Waals surface area contributed by atoms with Crippen molar-refractivity contribution < 1.29 is 9.84 Å². The quantitative estimate of drug-likeness (QED) is 0.666. The van der Waals surface area contributed by atoms with Crippen LogP contribution >= 0.6 is 11.6 Å². The molecule has 2 aliphatic heterocycles. The molecule has 4 rings (SSSR count). The highest BCUT2D eigenvalue weighted by Gasteiger charge is 2.41. The van der Waals surface area contributed by atoms with Gasteiger partial charge in [-0.15, -0.1) is 0 Å². The number of benzene rings is 2. The van der Waals surface area contributed by atoms with E-state index in [-0.39, 0.29) is 5.54 Å². The number of aliphatic hydroxyl groups excluding tert-OH is 1. The first-order valence-corrected chi connectivity index (χ1v) is 10.3. The van der Waals surface area contributed by atoms with Crippen LogP contribution in [0.2, 0.25) is 5.02 Å². The van der Waals surface area contributed by atoms with Gasteiger partial charge in [0.2, 0.25) is 0 Å². The lowest BCUT2D eigenvalue weighted by atomic mass is 9.86. The van der Waals surface area contributed by atoms with Crippen molar-refractivity contribution in [3.8, 4) is 0 Å². The molecule has 29 heavy (non-hydrogen) atoms. The Balaban J connectivity index is 1.64. The topological polar surface area (TPSA) is 69.1 Å². The molecule has 2 aromatic rings. The van der Waals surface area contributed by atoms with Crippen LogP contribution in [0.3, 0.4) is 0 Å². The lowest BCUT2D eigenvalue weighted by Gasteiger charge is -2.42. The first-order chi connectivity index (χ1) is 14.0. The van der Waals surface area contributed by atoms with Crippen molar-refractivity contribution in [2.24, 2.45) is 4.99 Å². The van der Waals surface area contributed by atoms with E-state index in [4.69, 9.17) is 21.3 Å². The number of aliphatic imine (C=N–C) groups is 1. The molecule has 2 aromatic carbocycles. The van der Waals surface area contributed by atoms with Crippen molar-refractivity contribution in [1.29, 1.82) is 0 Å². The number of hydrogen-bond acceptors (Lipinski definition) is 6. The van der Waals surface area contributed by atoms with Crippen LogP contribution in [0.5, 0.6) is 0 Å². The lowest BCUT2D eigenvalue weighted by Crippen LogP contribution is -2.56. The number of nitrogens with zero attached hydrogens (tertiary/aromatic N) is 2. The molecule has 1 unspecified atom stereocenters. The zero-order valence-electron chi connectivity index (χ0n) is 16.8. The van der Waals surface area contributed by atoms with Crippen LogP contribution in [0.25, 0.3) is 0 Å². The minimum atomic E-state index is -0.654. The van der Waals surface area contributed by atoms with E-state index in [2.05, 4.69) is 16.7 Å². The van der Waals surface area contributed by atoms with Crippen LogP contribution < -0.4 is 10.6 Å². The highest BCUT2D eigenvalue weighted by molar-refractivity contribution is 6.30. The molecule has 0 bridgehead atoms. The van der Waals surface area contributed by atoms with E-state index >= 15 is 0 Å². The van der Waals surface area contributed by atoms with Crippen LogP contribution in [0.1, 0.15) is 30.2 Å². The fourth-order valence-electron chi connectivity index (χ4n) is 3.88. The Morgan fingerprint density at radius 1 is 1.24 bits per heavy atom. The summed E-state index contributed by atoms with van der Waals surface area (Å²) in [4.78, 5) is 6.74. The van der Waals surface area contributed by atoms with Gasteiger partial charge < -0.3 is 20.5 Å². The van der Waals surface area contributed by atoms with Crippen LogP contribution in [0.15, 0.2) is 47.5 Å². The van der Waals surface area contributed by atoms with Crippen LogP contribution in [0, 0.1) is 0 Å². The van der Waals surface area contributed by atoms with Crippen molar-refractivity contribution in [3.63, 3.8) is 0 Å². The molecular weight excluding hydrogens is 388 g/mol. The third kappa shape index (κ3) is 4.26. The molecule has 3 N–H and O–H groups in total. The van der Waals surface area contributed by atoms with Gasteiger partial charge in [-0.3, -0.25) is 4.90 Å². The number of halogens is 1. The largest absolute Gasteiger partial charge is 0.381 e. The molecule has 0 saturated carbocycles. The number of nitrogens with one attached hydrogen (secondary N) is 2. The molecule has 154 valence electrons. The maximum absolute atomic E-state index is 10.4. The number of anilines is 1. The summed E-state index contributed by atoms with van der Waals surface area (Å²) in [5.41, 5.74) is 3.46. The van der Waals surface area contributed by atoms with Gasteiger partial charge in [-0.1, -0.05) is 29.8 Å². The smallest absolute Gasteiger partial charge is 0.133 e. The first-order valence-electron chi connectivity index (χ1n) is 9.89. The predicted molar refractivity (Wildman–Crippen MR) is 117 cm³/mol. The van der Waals surface area contributed by atoms with Gasteiger partial charge in [-0.2, -0.15) is 0 Å². The average Bonchev–Trinajstić information content (AvgIpc) is 2.72. The molecule has 1 atom stereocenters. The fourth-order valence-corrected chi connectivity index (χ4v) is 4.09. The first kappa shape index (κ1) is 20.2. The molecular formula is C22H27ClN4O2. The van der Waals surface area contributed by atoms with Crippen LogP contribution in [-0.4, -0.2) is 48.7 Å².